The molecule has 160 valence electrons. The van der Waals surface area contributed by atoms with Crippen LogP contribution in [0.1, 0.15) is 48.2 Å². The van der Waals surface area contributed by atoms with Gasteiger partial charge in [0.25, 0.3) is 11.8 Å². The van der Waals surface area contributed by atoms with Crippen LogP contribution in [-0.2, 0) is 4.79 Å². The highest BCUT2D eigenvalue weighted by Crippen LogP contribution is 2.27. The van der Waals surface area contributed by atoms with E-state index < -0.39 is 11.8 Å². The molecule has 30 heavy (non-hydrogen) atoms. The summed E-state index contributed by atoms with van der Waals surface area (Å²) in [5.41, 5.74) is 7.37. The summed E-state index contributed by atoms with van der Waals surface area (Å²) in [5, 5.41) is 2.46. The van der Waals surface area contributed by atoms with Gasteiger partial charge in [-0.1, -0.05) is 32.0 Å². The Bertz CT molecular complexity index is 915. The van der Waals surface area contributed by atoms with Crippen molar-refractivity contribution in [1.82, 2.24) is 16.2 Å². The Morgan fingerprint density at radius 3 is 2.53 bits per heavy atom. The molecule has 0 radical (unpaired) electrons. The number of aryl methyl sites for hydroxylation is 1. The highest BCUT2D eigenvalue weighted by molar-refractivity contribution is 7.80. The maximum atomic E-state index is 12.3. The largest absolute Gasteiger partial charge is 0.494 e. The van der Waals surface area contributed by atoms with Gasteiger partial charge >= 0.3 is 0 Å². The summed E-state index contributed by atoms with van der Waals surface area (Å²) < 4.78 is 11.0. The number of carbonyl (C=O) groups excluding carboxylic acids is 2. The van der Waals surface area contributed by atoms with Crippen LogP contribution in [0.4, 0.5) is 0 Å². The Morgan fingerprint density at radius 1 is 1.07 bits per heavy atom. The molecule has 0 aromatic heterocycles. The fourth-order valence-corrected chi connectivity index (χ4v) is 2.79. The van der Waals surface area contributed by atoms with Crippen molar-refractivity contribution < 1.29 is 19.1 Å². The average molecular weight is 430 g/mol. The standard InChI is InChI=1S/C22H27N3O4S/c1-5-28-17-8-6-7-16(12-17)21(27)23-22(30)25-24-20(26)13-29-19-11-15(4)9-10-18(19)14(2)3/h6-12,14H,5,13H2,1-4H3,(H,24,26)(H2,23,25,27,30). The van der Waals surface area contributed by atoms with Crippen LogP contribution >= 0.6 is 12.2 Å². The van der Waals surface area contributed by atoms with E-state index in [0.29, 0.717) is 23.7 Å². The summed E-state index contributed by atoms with van der Waals surface area (Å²) in [6.45, 7) is 8.25. The molecule has 0 bridgehead atoms. The molecule has 2 rings (SSSR count). The van der Waals surface area contributed by atoms with Crippen LogP contribution in [0.3, 0.4) is 0 Å². The van der Waals surface area contributed by atoms with Crippen molar-refractivity contribution in [2.45, 2.75) is 33.6 Å². The van der Waals surface area contributed by atoms with Gasteiger partial charge in [-0.05, 0) is 67.4 Å². The zero-order valence-corrected chi connectivity index (χ0v) is 18.4. The maximum Gasteiger partial charge on any atom is 0.276 e. The lowest BCUT2D eigenvalue weighted by atomic mass is 10.0. The first-order valence-corrected chi connectivity index (χ1v) is 10.1. The predicted molar refractivity (Wildman–Crippen MR) is 120 cm³/mol. The van der Waals surface area contributed by atoms with Gasteiger partial charge in [-0.2, -0.15) is 0 Å². The van der Waals surface area contributed by atoms with Gasteiger partial charge in [0.1, 0.15) is 11.5 Å². The van der Waals surface area contributed by atoms with Crippen molar-refractivity contribution in [3.05, 3.63) is 59.2 Å². The number of hydrazine groups is 1. The second-order valence-corrected chi connectivity index (χ2v) is 7.31. The van der Waals surface area contributed by atoms with Gasteiger partial charge in [-0.3, -0.25) is 25.8 Å². The SMILES string of the molecule is CCOc1cccc(C(=O)NC(=S)NNC(=O)COc2cc(C)ccc2C(C)C)c1. The Kier molecular flexibility index (Phi) is 8.61. The minimum atomic E-state index is -0.429. The lowest BCUT2D eigenvalue weighted by molar-refractivity contribution is -0.123. The molecule has 0 heterocycles. The molecule has 0 atom stereocenters. The zero-order chi connectivity index (χ0) is 22.1. The first-order chi connectivity index (χ1) is 14.3. The second kappa shape index (κ2) is 11.2. The Balaban J connectivity index is 1.82. The summed E-state index contributed by atoms with van der Waals surface area (Å²) >= 11 is 5.05. The van der Waals surface area contributed by atoms with Crippen molar-refractivity contribution in [1.29, 1.82) is 0 Å². The van der Waals surface area contributed by atoms with E-state index in [0.717, 1.165) is 11.1 Å². The van der Waals surface area contributed by atoms with Gasteiger partial charge < -0.3 is 9.47 Å². The number of benzene rings is 2. The molecule has 0 saturated carbocycles. The van der Waals surface area contributed by atoms with E-state index in [2.05, 4.69) is 30.0 Å². The van der Waals surface area contributed by atoms with Crippen molar-refractivity contribution in [3.63, 3.8) is 0 Å². The van der Waals surface area contributed by atoms with Crippen molar-refractivity contribution >= 4 is 29.1 Å². The zero-order valence-electron chi connectivity index (χ0n) is 17.6. The quantitative estimate of drug-likeness (QED) is 0.463. The average Bonchev–Trinajstić information content (AvgIpc) is 2.71. The summed E-state index contributed by atoms with van der Waals surface area (Å²) in [7, 11) is 0. The van der Waals surface area contributed by atoms with E-state index >= 15 is 0 Å². The summed E-state index contributed by atoms with van der Waals surface area (Å²) in [4.78, 5) is 24.3. The maximum absolute atomic E-state index is 12.3. The molecular formula is C22H27N3O4S. The van der Waals surface area contributed by atoms with Crippen LogP contribution in [-0.4, -0.2) is 30.1 Å². The third-order valence-electron chi connectivity index (χ3n) is 4.10. The topological polar surface area (TPSA) is 88.7 Å². The number of rotatable bonds is 7. The van der Waals surface area contributed by atoms with Crippen LogP contribution in [0.2, 0.25) is 0 Å². The predicted octanol–water partition coefficient (Wildman–Crippen LogP) is 3.23. The van der Waals surface area contributed by atoms with Gasteiger partial charge in [-0.15, -0.1) is 0 Å². The van der Waals surface area contributed by atoms with Crippen LogP contribution in [0.15, 0.2) is 42.5 Å². The monoisotopic (exact) mass is 429 g/mol. The van der Waals surface area contributed by atoms with Crippen LogP contribution in [0, 0.1) is 6.92 Å². The van der Waals surface area contributed by atoms with Crippen LogP contribution in [0.5, 0.6) is 11.5 Å². The van der Waals surface area contributed by atoms with E-state index in [1.54, 1.807) is 24.3 Å². The number of ether oxygens (including phenoxy) is 2. The smallest absolute Gasteiger partial charge is 0.276 e. The molecule has 0 aliphatic heterocycles. The molecule has 0 spiro atoms. The number of nitrogens with one attached hydrogen (secondary N) is 3. The summed E-state index contributed by atoms with van der Waals surface area (Å²) in [5.74, 6) is 0.685. The normalized spacial score (nSPS) is 10.3. The minimum absolute atomic E-state index is 0.0337. The molecule has 0 aliphatic rings. The summed E-state index contributed by atoms with van der Waals surface area (Å²) in [6.07, 6.45) is 0. The van der Waals surface area contributed by atoms with E-state index in [4.69, 9.17) is 21.7 Å². The Morgan fingerprint density at radius 2 is 1.83 bits per heavy atom. The van der Waals surface area contributed by atoms with Gasteiger partial charge in [0, 0.05) is 5.56 Å². The molecule has 2 aromatic carbocycles. The number of amides is 2. The highest BCUT2D eigenvalue weighted by Gasteiger charge is 2.12. The van der Waals surface area contributed by atoms with E-state index in [1.807, 2.05) is 32.0 Å². The Hall–Kier alpha value is -3.13. The third kappa shape index (κ3) is 7.04. The Labute approximate surface area is 182 Å². The first-order valence-electron chi connectivity index (χ1n) is 9.66. The van der Waals surface area contributed by atoms with Gasteiger partial charge in [0.2, 0.25) is 0 Å². The second-order valence-electron chi connectivity index (χ2n) is 6.90. The highest BCUT2D eigenvalue weighted by atomic mass is 32.1. The number of thiocarbonyl (C=S) groups is 1. The van der Waals surface area contributed by atoms with Gasteiger partial charge in [0.05, 0.1) is 6.61 Å². The fraction of sp³-hybridized carbons (Fsp3) is 0.318. The fourth-order valence-electron chi connectivity index (χ4n) is 2.65. The third-order valence-corrected chi connectivity index (χ3v) is 4.30. The molecule has 0 fully saturated rings. The molecule has 3 N–H and O–H groups in total. The lowest BCUT2D eigenvalue weighted by Crippen LogP contribution is -2.49. The van der Waals surface area contributed by atoms with Crippen LogP contribution < -0.4 is 25.6 Å². The van der Waals surface area contributed by atoms with Gasteiger partial charge in [-0.25, -0.2) is 0 Å². The van der Waals surface area contributed by atoms with Gasteiger partial charge in [0.15, 0.2) is 11.7 Å². The number of hydrogen-bond donors (Lipinski definition) is 3. The van der Waals surface area contributed by atoms with E-state index in [1.165, 1.54) is 0 Å². The number of hydrogen-bond acceptors (Lipinski definition) is 5. The molecule has 8 heteroatoms. The molecule has 0 saturated heterocycles. The van der Waals surface area contributed by atoms with Crippen molar-refractivity contribution in [2.75, 3.05) is 13.2 Å². The van der Waals surface area contributed by atoms with E-state index in [-0.39, 0.29) is 17.6 Å². The lowest BCUT2D eigenvalue weighted by Gasteiger charge is -2.15. The van der Waals surface area contributed by atoms with Crippen molar-refractivity contribution in [2.24, 2.45) is 0 Å². The molecule has 0 unspecified atom stereocenters. The summed E-state index contributed by atoms with van der Waals surface area (Å²) in [6, 6.07) is 12.6. The molecule has 2 amide bonds. The molecule has 7 nitrogen and oxygen atoms in total. The first kappa shape index (κ1) is 23.2. The number of carbonyl (C=O) groups is 2. The van der Waals surface area contributed by atoms with E-state index in [9.17, 15) is 9.59 Å². The van der Waals surface area contributed by atoms with Crippen LogP contribution in [0.25, 0.3) is 0 Å². The molecular weight excluding hydrogens is 402 g/mol. The molecule has 0 aliphatic carbocycles. The molecule has 2 aromatic rings. The minimum Gasteiger partial charge on any atom is -0.494 e. The van der Waals surface area contributed by atoms with Crippen molar-refractivity contribution in [3.8, 4) is 11.5 Å².